The van der Waals surface area contributed by atoms with Crippen molar-refractivity contribution in [1.29, 1.82) is 0 Å². The number of halogens is 1. The van der Waals surface area contributed by atoms with Gasteiger partial charge in [-0.2, -0.15) is 0 Å². The van der Waals surface area contributed by atoms with Gasteiger partial charge in [0.2, 0.25) is 0 Å². The minimum Gasteiger partial charge on any atom is -0.322 e. The number of carbonyl (C=O) groups excluding carboxylic acids is 1. The second-order valence-electron chi connectivity index (χ2n) is 4.72. The molecule has 4 heteroatoms. The van der Waals surface area contributed by atoms with Crippen LogP contribution in [0.25, 0.3) is 0 Å². The summed E-state index contributed by atoms with van der Waals surface area (Å²) < 4.78 is 0. The lowest BCUT2D eigenvalue weighted by Crippen LogP contribution is -2.14. The van der Waals surface area contributed by atoms with Gasteiger partial charge < -0.3 is 5.32 Å². The Morgan fingerprint density at radius 2 is 2.10 bits per heavy atom. The maximum atomic E-state index is 12.2. The third kappa shape index (κ3) is 3.36. The molecule has 1 unspecified atom stereocenters. The van der Waals surface area contributed by atoms with Crippen LogP contribution in [0.1, 0.15) is 42.1 Å². The minimum absolute atomic E-state index is 0.176. The summed E-state index contributed by atoms with van der Waals surface area (Å²) in [6.07, 6.45) is 2.55. The molecule has 0 saturated heterocycles. The first-order valence-corrected chi connectivity index (χ1v) is 7.01. The quantitative estimate of drug-likeness (QED) is 0.842. The van der Waals surface area contributed by atoms with Gasteiger partial charge in [-0.3, -0.25) is 4.79 Å². The van der Waals surface area contributed by atoms with Crippen molar-refractivity contribution in [3.05, 3.63) is 58.9 Å². The standard InChI is InChI=1S/C16H17ClN2O/c1-3-11(2)13-6-4-5-7-14(13)19-16(20)12-8-9-18-15(17)10-12/h4-11H,3H2,1-2H3,(H,19,20). The SMILES string of the molecule is CCC(C)c1ccccc1NC(=O)c1ccnc(Cl)c1. The fraction of sp³-hybridized carbons (Fsp3) is 0.250. The van der Waals surface area contributed by atoms with Crippen molar-refractivity contribution in [1.82, 2.24) is 4.98 Å². The van der Waals surface area contributed by atoms with Crippen LogP contribution in [-0.2, 0) is 0 Å². The van der Waals surface area contributed by atoms with E-state index >= 15 is 0 Å². The number of carbonyl (C=O) groups is 1. The number of pyridine rings is 1. The Labute approximate surface area is 124 Å². The highest BCUT2D eigenvalue weighted by atomic mass is 35.5. The van der Waals surface area contributed by atoms with Crippen molar-refractivity contribution in [3.63, 3.8) is 0 Å². The van der Waals surface area contributed by atoms with Gasteiger partial charge in [-0.05, 0) is 36.1 Å². The van der Waals surface area contributed by atoms with Crippen LogP contribution in [-0.4, -0.2) is 10.9 Å². The monoisotopic (exact) mass is 288 g/mol. The zero-order valence-corrected chi connectivity index (χ0v) is 12.3. The van der Waals surface area contributed by atoms with Crippen LogP contribution < -0.4 is 5.32 Å². The molecular formula is C16H17ClN2O. The molecule has 0 aliphatic rings. The Hall–Kier alpha value is -1.87. The van der Waals surface area contributed by atoms with Crippen LogP contribution in [0.2, 0.25) is 5.15 Å². The molecule has 1 heterocycles. The van der Waals surface area contributed by atoms with E-state index < -0.39 is 0 Å². The lowest BCUT2D eigenvalue weighted by atomic mass is 9.97. The van der Waals surface area contributed by atoms with Crippen LogP contribution in [0.4, 0.5) is 5.69 Å². The van der Waals surface area contributed by atoms with E-state index in [1.807, 2.05) is 24.3 Å². The number of hydrogen-bond acceptors (Lipinski definition) is 2. The van der Waals surface area contributed by atoms with Crippen molar-refractivity contribution >= 4 is 23.2 Å². The lowest BCUT2D eigenvalue weighted by molar-refractivity contribution is 0.102. The largest absolute Gasteiger partial charge is 0.322 e. The molecule has 20 heavy (non-hydrogen) atoms. The average Bonchev–Trinajstić information content (AvgIpc) is 2.47. The fourth-order valence-electron chi connectivity index (χ4n) is 2.00. The van der Waals surface area contributed by atoms with Crippen LogP contribution in [0, 0.1) is 0 Å². The first kappa shape index (κ1) is 14.5. The molecule has 1 aromatic heterocycles. The average molecular weight is 289 g/mol. The maximum Gasteiger partial charge on any atom is 0.255 e. The Kier molecular flexibility index (Phi) is 4.74. The van der Waals surface area contributed by atoms with E-state index in [0.717, 1.165) is 17.7 Å². The Balaban J connectivity index is 2.24. The van der Waals surface area contributed by atoms with E-state index in [2.05, 4.69) is 24.1 Å². The molecule has 0 aliphatic heterocycles. The third-order valence-corrected chi connectivity index (χ3v) is 3.55. The van der Waals surface area contributed by atoms with Gasteiger partial charge >= 0.3 is 0 Å². The summed E-state index contributed by atoms with van der Waals surface area (Å²) >= 11 is 5.80. The molecule has 0 aliphatic carbocycles. The molecule has 0 fully saturated rings. The van der Waals surface area contributed by atoms with Gasteiger partial charge in [-0.25, -0.2) is 4.98 Å². The minimum atomic E-state index is -0.176. The van der Waals surface area contributed by atoms with Crippen LogP contribution in [0.15, 0.2) is 42.6 Å². The number of para-hydroxylation sites is 1. The molecule has 1 N–H and O–H groups in total. The van der Waals surface area contributed by atoms with E-state index in [4.69, 9.17) is 11.6 Å². The fourth-order valence-corrected chi connectivity index (χ4v) is 2.17. The summed E-state index contributed by atoms with van der Waals surface area (Å²) in [6, 6.07) is 11.1. The predicted octanol–water partition coefficient (Wildman–Crippen LogP) is 4.50. The number of nitrogens with zero attached hydrogens (tertiary/aromatic N) is 1. The molecule has 1 amide bonds. The van der Waals surface area contributed by atoms with Gasteiger partial charge in [0.15, 0.2) is 0 Å². The molecule has 0 spiro atoms. The van der Waals surface area contributed by atoms with E-state index in [-0.39, 0.29) is 5.91 Å². The number of hydrogen-bond donors (Lipinski definition) is 1. The maximum absolute atomic E-state index is 12.2. The van der Waals surface area contributed by atoms with Gasteiger partial charge in [0, 0.05) is 17.4 Å². The van der Waals surface area contributed by atoms with Gasteiger partial charge in [0.25, 0.3) is 5.91 Å². The number of aromatic nitrogens is 1. The van der Waals surface area contributed by atoms with Crippen molar-refractivity contribution < 1.29 is 4.79 Å². The summed E-state index contributed by atoms with van der Waals surface area (Å²) in [4.78, 5) is 16.1. The highest BCUT2D eigenvalue weighted by Crippen LogP contribution is 2.26. The highest BCUT2D eigenvalue weighted by molar-refractivity contribution is 6.29. The number of anilines is 1. The molecule has 2 rings (SSSR count). The van der Waals surface area contributed by atoms with Crippen molar-refractivity contribution in [2.45, 2.75) is 26.2 Å². The molecule has 104 valence electrons. The summed E-state index contributed by atoms with van der Waals surface area (Å²) in [7, 11) is 0. The Bertz CT molecular complexity index is 613. The zero-order chi connectivity index (χ0) is 14.5. The number of amides is 1. The Morgan fingerprint density at radius 1 is 1.35 bits per heavy atom. The molecular weight excluding hydrogens is 272 g/mol. The zero-order valence-electron chi connectivity index (χ0n) is 11.6. The van der Waals surface area contributed by atoms with Crippen molar-refractivity contribution in [2.75, 3.05) is 5.32 Å². The van der Waals surface area contributed by atoms with Gasteiger partial charge in [-0.15, -0.1) is 0 Å². The van der Waals surface area contributed by atoms with E-state index in [9.17, 15) is 4.79 Å². The van der Waals surface area contributed by atoms with Crippen LogP contribution in [0.3, 0.4) is 0 Å². The number of benzene rings is 1. The second-order valence-corrected chi connectivity index (χ2v) is 5.11. The van der Waals surface area contributed by atoms with Crippen molar-refractivity contribution in [3.8, 4) is 0 Å². The van der Waals surface area contributed by atoms with Crippen molar-refractivity contribution in [2.24, 2.45) is 0 Å². The first-order chi connectivity index (χ1) is 9.61. The molecule has 3 nitrogen and oxygen atoms in total. The topological polar surface area (TPSA) is 42.0 Å². The van der Waals surface area contributed by atoms with E-state index in [0.29, 0.717) is 16.6 Å². The summed E-state index contributed by atoms with van der Waals surface area (Å²) in [5.74, 6) is 0.220. The van der Waals surface area contributed by atoms with Gasteiger partial charge in [-0.1, -0.05) is 43.6 Å². The van der Waals surface area contributed by atoms with Gasteiger partial charge in [0.1, 0.15) is 5.15 Å². The Morgan fingerprint density at radius 3 is 2.80 bits per heavy atom. The van der Waals surface area contributed by atoms with E-state index in [1.165, 1.54) is 6.20 Å². The molecule has 2 aromatic rings. The van der Waals surface area contributed by atoms with E-state index in [1.54, 1.807) is 12.1 Å². The molecule has 1 aromatic carbocycles. The predicted molar refractivity (Wildman–Crippen MR) is 82.3 cm³/mol. The summed E-state index contributed by atoms with van der Waals surface area (Å²) in [6.45, 7) is 4.28. The number of nitrogens with one attached hydrogen (secondary N) is 1. The van der Waals surface area contributed by atoms with Crippen LogP contribution >= 0.6 is 11.6 Å². The van der Waals surface area contributed by atoms with Gasteiger partial charge in [0.05, 0.1) is 0 Å². The molecule has 1 atom stereocenters. The molecule has 0 bridgehead atoms. The highest BCUT2D eigenvalue weighted by Gasteiger charge is 2.12. The summed E-state index contributed by atoms with van der Waals surface area (Å²) in [5, 5.41) is 3.26. The third-order valence-electron chi connectivity index (χ3n) is 3.34. The molecule has 0 saturated carbocycles. The van der Waals surface area contributed by atoms with Crippen LogP contribution in [0.5, 0.6) is 0 Å². The normalized spacial score (nSPS) is 11.9. The second kappa shape index (κ2) is 6.53. The first-order valence-electron chi connectivity index (χ1n) is 6.63. The summed E-state index contributed by atoms with van der Waals surface area (Å²) in [5.41, 5.74) is 2.49. The molecule has 0 radical (unpaired) electrons. The number of rotatable bonds is 4. The lowest BCUT2D eigenvalue weighted by Gasteiger charge is -2.15. The smallest absolute Gasteiger partial charge is 0.255 e.